The smallest absolute Gasteiger partial charge is 0.317 e. The number of nitrogens with one attached hydrogen (secondary N) is 1. The van der Waals surface area contributed by atoms with E-state index in [2.05, 4.69) is 5.32 Å². The Hall–Kier alpha value is -1.89. The van der Waals surface area contributed by atoms with E-state index in [-0.39, 0.29) is 63.5 Å². The zero-order valence-electron chi connectivity index (χ0n) is 14.7. The highest BCUT2D eigenvalue weighted by atomic mass is 35.5. The van der Waals surface area contributed by atoms with Crippen LogP contribution >= 0.6 is 23.2 Å². The Morgan fingerprint density at radius 2 is 1.85 bits per heavy atom. The molecule has 4 nitrogen and oxygen atoms in total. The molecule has 2 rings (SSSR count). The van der Waals surface area contributed by atoms with E-state index in [1.807, 2.05) is 0 Å². The first-order valence-electron chi connectivity index (χ1n) is 8.21. The molecule has 0 radical (unpaired) electrons. The molecule has 0 amide bonds. The molecule has 3 N–H and O–H groups in total. The van der Waals surface area contributed by atoms with E-state index < -0.39 is 17.6 Å². The highest BCUT2D eigenvalue weighted by Gasteiger charge is 2.21. The zero-order chi connectivity index (χ0) is 20.3. The summed E-state index contributed by atoms with van der Waals surface area (Å²) in [7, 11) is 0. The van der Waals surface area contributed by atoms with Crippen molar-refractivity contribution in [1.82, 2.24) is 5.32 Å². The molecule has 8 heteroatoms. The highest BCUT2D eigenvalue weighted by molar-refractivity contribution is 6.36. The maximum absolute atomic E-state index is 14.7. The number of carboxylic acids is 1. The molecular weight excluding hydrogens is 399 g/mol. The van der Waals surface area contributed by atoms with Gasteiger partial charge in [-0.25, -0.2) is 8.78 Å². The van der Waals surface area contributed by atoms with Crippen molar-refractivity contribution in [3.05, 3.63) is 62.1 Å². The number of hydrogen-bond donors (Lipinski definition) is 3. The molecule has 0 aliphatic carbocycles. The van der Waals surface area contributed by atoms with Crippen molar-refractivity contribution in [2.45, 2.75) is 32.7 Å². The van der Waals surface area contributed by atoms with Crippen molar-refractivity contribution >= 4 is 29.2 Å². The monoisotopic (exact) mass is 417 g/mol. The molecule has 0 spiro atoms. The van der Waals surface area contributed by atoms with Crippen LogP contribution in [0.15, 0.2) is 18.2 Å². The van der Waals surface area contributed by atoms with Crippen molar-refractivity contribution in [1.29, 1.82) is 0 Å². The molecule has 146 valence electrons. The predicted molar refractivity (Wildman–Crippen MR) is 101 cm³/mol. The summed E-state index contributed by atoms with van der Waals surface area (Å²) in [4.78, 5) is 10.5. The maximum Gasteiger partial charge on any atom is 0.317 e. The number of halogens is 4. The Labute approximate surface area is 165 Å². The van der Waals surface area contributed by atoms with Crippen molar-refractivity contribution in [2.75, 3.05) is 6.54 Å². The summed E-state index contributed by atoms with van der Waals surface area (Å²) in [5.41, 5.74) is 0.743. The Morgan fingerprint density at radius 3 is 2.44 bits per heavy atom. The fraction of sp³-hybridized carbons (Fsp3) is 0.316. The minimum atomic E-state index is -1.08. The molecular formula is C19H19Cl2F2NO3. The average Bonchev–Trinajstić information content (AvgIpc) is 2.57. The van der Waals surface area contributed by atoms with Gasteiger partial charge in [-0.3, -0.25) is 4.79 Å². The minimum Gasteiger partial charge on any atom is -0.508 e. The van der Waals surface area contributed by atoms with Crippen LogP contribution in [0.1, 0.15) is 42.0 Å². The second-order valence-corrected chi connectivity index (χ2v) is 7.21. The Bertz CT molecular complexity index is 873. The van der Waals surface area contributed by atoms with E-state index in [9.17, 15) is 18.7 Å². The molecule has 2 aromatic carbocycles. The van der Waals surface area contributed by atoms with Gasteiger partial charge in [0.2, 0.25) is 0 Å². The quantitative estimate of drug-likeness (QED) is 0.562. The molecule has 0 unspecified atom stereocenters. The first kappa shape index (κ1) is 21.4. The van der Waals surface area contributed by atoms with E-state index in [1.165, 1.54) is 18.2 Å². The lowest BCUT2D eigenvalue weighted by Gasteiger charge is -2.16. The number of carboxylic acid groups (broad SMARTS) is 1. The van der Waals surface area contributed by atoms with Crippen LogP contribution < -0.4 is 5.32 Å². The molecule has 0 aliphatic rings. The number of phenolic OH excluding ortho intramolecular Hbond substituents is 1. The second-order valence-electron chi connectivity index (χ2n) is 6.42. The third-order valence-corrected chi connectivity index (χ3v) is 4.83. The molecule has 0 aromatic heterocycles. The molecule has 0 heterocycles. The first-order valence-corrected chi connectivity index (χ1v) is 8.97. The van der Waals surface area contributed by atoms with E-state index in [1.54, 1.807) is 13.8 Å². The molecule has 0 saturated carbocycles. The van der Waals surface area contributed by atoms with Crippen LogP contribution in [0.2, 0.25) is 10.0 Å². The maximum atomic E-state index is 14.7. The van der Waals surface area contributed by atoms with Gasteiger partial charge < -0.3 is 15.5 Å². The third kappa shape index (κ3) is 4.89. The first-order chi connectivity index (χ1) is 12.6. The SMILES string of the molecule is CC(C)c1c(O)ccc(Cc2c(Cl)cc(CNCC(=O)O)c(F)c2Cl)c1F. The van der Waals surface area contributed by atoms with E-state index in [0.29, 0.717) is 0 Å². The van der Waals surface area contributed by atoms with Crippen LogP contribution in [-0.2, 0) is 17.8 Å². The lowest BCUT2D eigenvalue weighted by Crippen LogP contribution is -2.22. The summed E-state index contributed by atoms with van der Waals surface area (Å²) in [6.45, 7) is 3.09. The molecule has 2 aromatic rings. The number of hydrogen-bond acceptors (Lipinski definition) is 3. The largest absolute Gasteiger partial charge is 0.508 e. The number of rotatable bonds is 7. The van der Waals surface area contributed by atoms with Crippen LogP contribution in [0.3, 0.4) is 0 Å². The summed E-state index contributed by atoms with van der Waals surface area (Å²) >= 11 is 12.3. The standard InChI is InChI=1S/C19H19Cl2F2NO3/c1-9(2)16-14(25)4-3-10(18(16)22)5-12-13(20)6-11(19(23)17(12)21)7-24-8-15(26)27/h3-4,6,9,24-25H,5,7-8H2,1-2H3,(H,26,27). The molecule has 0 aliphatic heterocycles. The van der Waals surface area contributed by atoms with Crippen LogP contribution in [0, 0.1) is 11.6 Å². The lowest BCUT2D eigenvalue weighted by molar-refractivity contribution is -0.136. The molecule has 0 fully saturated rings. The van der Waals surface area contributed by atoms with Crippen molar-refractivity contribution < 1.29 is 23.8 Å². The van der Waals surface area contributed by atoms with Gasteiger partial charge in [-0.2, -0.15) is 0 Å². The highest BCUT2D eigenvalue weighted by Crippen LogP contribution is 2.35. The zero-order valence-corrected chi connectivity index (χ0v) is 16.3. The summed E-state index contributed by atoms with van der Waals surface area (Å²) in [6.07, 6.45) is -0.0523. The number of phenols is 1. The molecule has 0 bridgehead atoms. The number of carbonyl (C=O) groups is 1. The number of aliphatic carboxylic acids is 1. The van der Waals surface area contributed by atoms with Gasteiger partial charge in [-0.15, -0.1) is 0 Å². The predicted octanol–water partition coefficient (Wildman–Crippen LogP) is 4.87. The van der Waals surface area contributed by atoms with Gasteiger partial charge in [0.1, 0.15) is 17.4 Å². The van der Waals surface area contributed by atoms with Gasteiger partial charge in [0, 0.05) is 29.1 Å². The normalized spacial score (nSPS) is 11.2. The summed E-state index contributed by atoms with van der Waals surface area (Å²) in [5.74, 6) is -2.78. The Morgan fingerprint density at radius 1 is 1.19 bits per heavy atom. The van der Waals surface area contributed by atoms with Crippen LogP contribution in [-0.4, -0.2) is 22.7 Å². The fourth-order valence-corrected chi connectivity index (χ4v) is 3.41. The molecule has 0 saturated heterocycles. The van der Waals surface area contributed by atoms with Crippen molar-refractivity contribution in [2.24, 2.45) is 0 Å². The van der Waals surface area contributed by atoms with Gasteiger partial charge in [0.25, 0.3) is 0 Å². The van der Waals surface area contributed by atoms with E-state index in [0.717, 1.165) is 0 Å². The number of aromatic hydroxyl groups is 1. The van der Waals surface area contributed by atoms with Gasteiger partial charge >= 0.3 is 5.97 Å². The molecule has 27 heavy (non-hydrogen) atoms. The Kier molecular flexibility index (Phi) is 7.03. The van der Waals surface area contributed by atoms with E-state index >= 15 is 0 Å². The summed E-state index contributed by atoms with van der Waals surface area (Å²) in [6, 6.07) is 4.13. The topological polar surface area (TPSA) is 69.6 Å². The fourth-order valence-electron chi connectivity index (χ4n) is 2.78. The summed E-state index contributed by atoms with van der Waals surface area (Å²) in [5, 5.41) is 20.9. The van der Waals surface area contributed by atoms with Crippen LogP contribution in [0.5, 0.6) is 5.75 Å². The third-order valence-electron chi connectivity index (χ3n) is 4.10. The number of benzene rings is 2. The van der Waals surface area contributed by atoms with Gasteiger partial charge in [0.15, 0.2) is 0 Å². The van der Waals surface area contributed by atoms with Crippen LogP contribution in [0.4, 0.5) is 8.78 Å². The van der Waals surface area contributed by atoms with Gasteiger partial charge in [-0.1, -0.05) is 43.1 Å². The Balaban J connectivity index is 2.37. The van der Waals surface area contributed by atoms with Gasteiger partial charge in [-0.05, 0) is 29.2 Å². The molecule has 0 atom stereocenters. The van der Waals surface area contributed by atoms with E-state index in [4.69, 9.17) is 28.3 Å². The van der Waals surface area contributed by atoms with Crippen molar-refractivity contribution in [3.8, 4) is 5.75 Å². The van der Waals surface area contributed by atoms with Crippen molar-refractivity contribution in [3.63, 3.8) is 0 Å². The average molecular weight is 418 g/mol. The second kappa shape index (κ2) is 8.87. The summed E-state index contributed by atoms with van der Waals surface area (Å²) < 4.78 is 29.3. The lowest BCUT2D eigenvalue weighted by atomic mass is 9.95. The minimum absolute atomic E-state index is 0.0523. The van der Waals surface area contributed by atoms with Gasteiger partial charge in [0.05, 0.1) is 11.6 Å². The van der Waals surface area contributed by atoms with Crippen LogP contribution in [0.25, 0.3) is 0 Å².